The first-order valence-electron chi connectivity index (χ1n) is 11.0. The molecule has 0 bridgehead atoms. The van der Waals surface area contributed by atoms with Crippen LogP contribution < -0.4 is 10.9 Å². The number of aromatic nitrogens is 4. The Morgan fingerprint density at radius 1 is 1.21 bits per heavy atom. The second-order valence-electron chi connectivity index (χ2n) is 8.63. The van der Waals surface area contributed by atoms with E-state index in [9.17, 15) is 18.0 Å². The van der Waals surface area contributed by atoms with Crippen LogP contribution in [0.3, 0.4) is 0 Å². The molecule has 0 saturated carbocycles. The van der Waals surface area contributed by atoms with Crippen LogP contribution in [0, 0.1) is 6.92 Å². The molecule has 2 N–H and O–H groups in total. The third-order valence-electron chi connectivity index (χ3n) is 6.19. The minimum atomic E-state index is -4.24. The van der Waals surface area contributed by atoms with Crippen molar-refractivity contribution >= 4 is 38.4 Å². The van der Waals surface area contributed by atoms with Crippen LogP contribution in [0.4, 0.5) is 19.0 Å². The predicted molar refractivity (Wildman–Crippen MR) is 126 cm³/mol. The molecule has 0 radical (unpaired) electrons. The molecule has 1 saturated heterocycles. The van der Waals surface area contributed by atoms with Crippen LogP contribution in [0.15, 0.2) is 35.5 Å². The molecule has 11 heteroatoms. The molecule has 1 fully saturated rings. The number of fused-ring (bicyclic) bond motifs is 2. The van der Waals surface area contributed by atoms with Crippen molar-refractivity contribution in [2.24, 2.45) is 0 Å². The monoisotopic (exact) mass is 488 g/mol. The number of nitrogens with zero attached hydrogens (tertiary/aromatic N) is 4. The fourth-order valence-corrected chi connectivity index (χ4v) is 5.47. The molecule has 0 unspecified atom stereocenters. The molecule has 0 aliphatic carbocycles. The summed E-state index contributed by atoms with van der Waals surface area (Å²) in [5.74, 6) is 0.596. The zero-order valence-corrected chi connectivity index (χ0v) is 19.3. The minimum Gasteiger partial charge on any atom is -0.367 e. The van der Waals surface area contributed by atoms with E-state index in [-0.39, 0.29) is 16.5 Å². The van der Waals surface area contributed by atoms with Crippen molar-refractivity contribution in [3.63, 3.8) is 0 Å². The van der Waals surface area contributed by atoms with Gasteiger partial charge in [0.25, 0.3) is 5.56 Å². The Morgan fingerprint density at radius 2 is 2.00 bits per heavy atom. The number of hydrogen-bond acceptors (Lipinski definition) is 7. The summed E-state index contributed by atoms with van der Waals surface area (Å²) in [4.78, 5) is 30.2. The number of rotatable bonds is 5. The average Bonchev–Trinajstić information content (AvgIpc) is 3.18. The molecule has 0 amide bonds. The average molecular weight is 489 g/mol. The normalized spacial score (nSPS) is 15.9. The fraction of sp³-hybridized carbons (Fsp3) is 0.391. The van der Waals surface area contributed by atoms with Crippen molar-refractivity contribution in [3.8, 4) is 0 Å². The molecule has 34 heavy (non-hydrogen) atoms. The van der Waals surface area contributed by atoms with Crippen molar-refractivity contribution in [3.05, 3.63) is 57.1 Å². The van der Waals surface area contributed by atoms with Crippen molar-refractivity contribution in [2.75, 3.05) is 18.4 Å². The van der Waals surface area contributed by atoms with E-state index < -0.39 is 12.6 Å². The van der Waals surface area contributed by atoms with E-state index in [0.29, 0.717) is 16.0 Å². The van der Waals surface area contributed by atoms with E-state index in [1.165, 1.54) is 18.1 Å². The van der Waals surface area contributed by atoms with Gasteiger partial charge in [0.2, 0.25) is 0 Å². The Kier molecular flexibility index (Phi) is 5.98. The van der Waals surface area contributed by atoms with Gasteiger partial charge in [0.05, 0.1) is 29.0 Å². The Balaban J connectivity index is 1.23. The van der Waals surface area contributed by atoms with Crippen molar-refractivity contribution < 1.29 is 13.2 Å². The number of thiophene rings is 1. The molecule has 5 rings (SSSR count). The SMILES string of the molecule is Cc1c(CN2CCC(Nc3ncnc4sc(CC(F)(F)F)cc34)CC2)ccc2[nH]c(=O)cnc12. The summed E-state index contributed by atoms with van der Waals surface area (Å²) >= 11 is 1.06. The second kappa shape index (κ2) is 8.95. The Morgan fingerprint density at radius 3 is 2.76 bits per heavy atom. The third kappa shape index (κ3) is 4.90. The van der Waals surface area contributed by atoms with Gasteiger partial charge < -0.3 is 10.3 Å². The fourth-order valence-electron chi connectivity index (χ4n) is 4.44. The van der Waals surface area contributed by atoms with Gasteiger partial charge in [-0.1, -0.05) is 6.07 Å². The number of hydrogen-bond donors (Lipinski definition) is 2. The van der Waals surface area contributed by atoms with Gasteiger partial charge in [-0.25, -0.2) is 15.0 Å². The van der Waals surface area contributed by atoms with Crippen LogP contribution in [0.5, 0.6) is 0 Å². The number of H-pyrrole nitrogens is 1. The smallest absolute Gasteiger partial charge is 0.367 e. The molecule has 178 valence electrons. The summed E-state index contributed by atoms with van der Waals surface area (Å²) in [6, 6.07) is 5.67. The number of alkyl halides is 3. The van der Waals surface area contributed by atoms with E-state index in [0.717, 1.165) is 60.4 Å². The van der Waals surface area contributed by atoms with Crippen LogP contribution in [-0.2, 0) is 13.0 Å². The maximum atomic E-state index is 12.8. The first-order chi connectivity index (χ1) is 16.2. The Bertz CT molecular complexity index is 1390. The van der Waals surface area contributed by atoms with Crippen LogP contribution in [0.25, 0.3) is 21.3 Å². The zero-order valence-electron chi connectivity index (χ0n) is 18.4. The maximum absolute atomic E-state index is 12.8. The lowest BCUT2D eigenvalue weighted by atomic mass is 10.0. The highest BCUT2D eigenvalue weighted by Crippen LogP contribution is 2.33. The van der Waals surface area contributed by atoms with Gasteiger partial charge in [-0.05, 0) is 43.0 Å². The van der Waals surface area contributed by atoms with E-state index in [2.05, 4.69) is 30.2 Å². The van der Waals surface area contributed by atoms with E-state index >= 15 is 0 Å². The quantitative estimate of drug-likeness (QED) is 0.433. The maximum Gasteiger partial charge on any atom is 0.393 e. The Labute approximate surface area is 197 Å². The summed E-state index contributed by atoms with van der Waals surface area (Å²) in [6.07, 6.45) is -0.707. The number of nitrogens with one attached hydrogen (secondary N) is 2. The van der Waals surface area contributed by atoms with E-state index in [4.69, 9.17) is 0 Å². The molecular formula is C23H23F3N6OS. The summed E-state index contributed by atoms with van der Waals surface area (Å²) in [7, 11) is 0. The largest absolute Gasteiger partial charge is 0.393 e. The second-order valence-corrected chi connectivity index (χ2v) is 9.75. The summed E-state index contributed by atoms with van der Waals surface area (Å²) in [5, 5.41) is 4.07. The summed E-state index contributed by atoms with van der Waals surface area (Å²) < 4.78 is 38.4. The Hall–Kier alpha value is -3.05. The molecule has 0 atom stereocenters. The lowest BCUT2D eigenvalue weighted by Crippen LogP contribution is -2.39. The van der Waals surface area contributed by atoms with Gasteiger partial charge in [-0.3, -0.25) is 9.69 Å². The van der Waals surface area contributed by atoms with Crippen LogP contribution in [-0.4, -0.2) is 50.1 Å². The molecule has 7 nitrogen and oxygen atoms in total. The van der Waals surface area contributed by atoms with Gasteiger partial charge in [-0.15, -0.1) is 11.3 Å². The van der Waals surface area contributed by atoms with Gasteiger partial charge in [0.15, 0.2) is 0 Å². The van der Waals surface area contributed by atoms with Gasteiger partial charge in [-0.2, -0.15) is 13.2 Å². The number of piperidine rings is 1. The summed E-state index contributed by atoms with van der Waals surface area (Å²) in [6.45, 7) is 4.57. The van der Waals surface area contributed by atoms with Crippen LogP contribution in [0.1, 0.15) is 28.8 Å². The molecular weight excluding hydrogens is 465 g/mol. The molecule has 4 heterocycles. The molecule has 4 aromatic rings. The molecule has 1 aliphatic rings. The van der Waals surface area contributed by atoms with Crippen molar-refractivity contribution in [1.82, 2.24) is 24.8 Å². The molecule has 1 aromatic carbocycles. The van der Waals surface area contributed by atoms with E-state index in [1.54, 1.807) is 6.07 Å². The van der Waals surface area contributed by atoms with Gasteiger partial charge >= 0.3 is 6.18 Å². The number of anilines is 1. The van der Waals surface area contributed by atoms with Crippen molar-refractivity contribution in [1.29, 1.82) is 0 Å². The van der Waals surface area contributed by atoms with Crippen LogP contribution >= 0.6 is 11.3 Å². The van der Waals surface area contributed by atoms with Gasteiger partial charge in [0, 0.05) is 30.6 Å². The highest BCUT2D eigenvalue weighted by Gasteiger charge is 2.29. The number of aromatic amines is 1. The van der Waals surface area contributed by atoms with E-state index in [1.807, 2.05) is 19.1 Å². The number of halogens is 3. The standard InChI is InChI=1S/C23H23F3N6OS/c1-13-14(2-3-18-20(13)27-10-19(33)31-18)11-32-6-4-15(5-7-32)30-21-17-8-16(9-23(24,25)26)34-22(17)29-12-28-21/h2-3,8,10,12,15H,4-7,9,11H2,1H3,(H,31,33)(H,28,29,30). The minimum absolute atomic E-state index is 0.185. The summed E-state index contributed by atoms with van der Waals surface area (Å²) in [5.41, 5.74) is 3.56. The highest BCUT2D eigenvalue weighted by atomic mass is 32.1. The lowest BCUT2D eigenvalue weighted by molar-refractivity contribution is -0.126. The molecule has 0 spiro atoms. The topological polar surface area (TPSA) is 86.8 Å². The first kappa shape index (κ1) is 22.7. The number of benzene rings is 1. The van der Waals surface area contributed by atoms with Crippen molar-refractivity contribution in [2.45, 2.75) is 44.9 Å². The first-order valence-corrected chi connectivity index (χ1v) is 11.8. The number of likely N-dealkylation sites (tertiary alicyclic amines) is 1. The zero-order chi connectivity index (χ0) is 23.9. The highest BCUT2D eigenvalue weighted by molar-refractivity contribution is 7.18. The third-order valence-corrected chi connectivity index (χ3v) is 7.23. The number of aryl methyl sites for hydroxylation is 1. The van der Waals surface area contributed by atoms with Crippen LogP contribution in [0.2, 0.25) is 0 Å². The molecule has 3 aromatic heterocycles. The lowest BCUT2D eigenvalue weighted by Gasteiger charge is -2.33. The van der Waals surface area contributed by atoms with Gasteiger partial charge in [0.1, 0.15) is 17.0 Å². The predicted octanol–water partition coefficient (Wildman–Crippen LogP) is 4.42. The molecule has 1 aliphatic heterocycles.